The highest BCUT2D eigenvalue weighted by Crippen LogP contribution is 2.41. The SMILES string of the molecule is CC1(C)OB(c2cc(C#N)cnc2C2CC2)OC1(C)C. The first-order valence-electron chi connectivity index (χ1n) is 7.09. The van der Waals surface area contributed by atoms with Gasteiger partial charge in [-0.25, -0.2) is 0 Å². The van der Waals surface area contributed by atoms with Crippen LogP contribution in [0.5, 0.6) is 0 Å². The van der Waals surface area contributed by atoms with E-state index < -0.39 is 7.12 Å². The third-order valence-electron chi connectivity index (χ3n) is 4.55. The van der Waals surface area contributed by atoms with Crippen molar-refractivity contribution in [2.45, 2.75) is 57.7 Å². The van der Waals surface area contributed by atoms with Crippen molar-refractivity contribution in [2.75, 3.05) is 0 Å². The van der Waals surface area contributed by atoms with Crippen molar-refractivity contribution in [2.24, 2.45) is 0 Å². The van der Waals surface area contributed by atoms with E-state index in [9.17, 15) is 0 Å². The Morgan fingerprint density at radius 3 is 2.35 bits per heavy atom. The van der Waals surface area contributed by atoms with Crippen molar-refractivity contribution >= 4 is 12.6 Å². The summed E-state index contributed by atoms with van der Waals surface area (Å²) in [7, 11) is -0.434. The van der Waals surface area contributed by atoms with Gasteiger partial charge < -0.3 is 9.31 Å². The Morgan fingerprint density at radius 2 is 1.85 bits per heavy atom. The smallest absolute Gasteiger partial charge is 0.399 e. The number of nitrogens with zero attached hydrogens (tertiary/aromatic N) is 2. The van der Waals surface area contributed by atoms with Gasteiger partial charge >= 0.3 is 7.12 Å². The minimum Gasteiger partial charge on any atom is -0.399 e. The summed E-state index contributed by atoms with van der Waals surface area (Å²) < 4.78 is 12.2. The van der Waals surface area contributed by atoms with Gasteiger partial charge in [-0.15, -0.1) is 0 Å². The van der Waals surface area contributed by atoms with Gasteiger partial charge in [0.05, 0.1) is 16.8 Å². The molecule has 0 bridgehead atoms. The molecular weight excluding hydrogens is 251 g/mol. The number of hydrogen-bond acceptors (Lipinski definition) is 4. The van der Waals surface area contributed by atoms with E-state index in [1.54, 1.807) is 6.20 Å². The Hall–Kier alpha value is -1.38. The quantitative estimate of drug-likeness (QED) is 0.772. The molecule has 0 amide bonds. The summed E-state index contributed by atoms with van der Waals surface area (Å²) in [6.45, 7) is 8.13. The predicted octanol–water partition coefficient (Wildman–Crippen LogP) is 2.13. The van der Waals surface area contributed by atoms with Crippen LogP contribution in [0.1, 0.15) is 57.7 Å². The van der Waals surface area contributed by atoms with Crippen LogP contribution in [-0.2, 0) is 9.31 Å². The van der Waals surface area contributed by atoms with E-state index in [-0.39, 0.29) is 11.2 Å². The molecule has 2 aliphatic rings. The van der Waals surface area contributed by atoms with Crippen LogP contribution in [0.2, 0.25) is 0 Å². The van der Waals surface area contributed by atoms with Crippen molar-refractivity contribution in [3.8, 4) is 6.07 Å². The fourth-order valence-corrected chi connectivity index (χ4v) is 2.41. The molecule has 1 saturated heterocycles. The first-order chi connectivity index (χ1) is 9.34. The molecule has 4 nitrogen and oxygen atoms in total. The van der Waals surface area contributed by atoms with Crippen molar-refractivity contribution in [1.82, 2.24) is 4.98 Å². The van der Waals surface area contributed by atoms with Crippen LogP contribution in [0, 0.1) is 11.3 Å². The van der Waals surface area contributed by atoms with Gasteiger partial charge in [-0.3, -0.25) is 4.98 Å². The minimum atomic E-state index is -0.434. The van der Waals surface area contributed by atoms with Gasteiger partial charge in [-0.2, -0.15) is 5.26 Å². The van der Waals surface area contributed by atoms with E-state index in [0.29, 0.717) is 11.5 Å². The molecule has 0 spiro atoms. The molecule has 1 aromatic heterocycles. The van der Waals surface area contributed by atoms with Crippen molar-refractivity contribution in [3.05, 3.63) is 23.5 Å². The fraction of sp³-hybridized carbons (Fsp3) is 0.600. The lowest BCUT2D eigenvalue weighted by Gasteiger charge is -2.32. The highest BCUT2D eigenvalue weighted by atomic mass is 16.7. The summed E-state index contributed by atoms with van der Waals surface area (Å²) in [6, 6.07) is 4.01. The molecular formula is C15H19BN2O2. The molecule has 104 valence electrons. The van der Waals surface area contributed by atoms with Crippen LogP contribution < -0.4 is 5.46 Å². The third-order valence-corrected chi connectivity index (χ3v) is 4.55. The van der Waals surface area contributed by atoms with Crippen LogP contribution in [0.4, 0.5) is 0 Å². The molecule has 0 radical (unpaired) electrons. The Bertz CT molecular complexity index is 572. The second-order valence-electron chi connectivity index (χ2n) is 6.67. The van der Waals surface area contributed by atoms with E-state index in [4.69, 9.17) is 14.6 Å². The average Bonchev–Trinajstić information content (AvgIpc) is 3.17. The summed E-state index contributed by atoms with van der Waals surface area (Å²) in [4.78, 5) is 4.47. The lowest BCUT2D eigenvalue weighted by atomic mass is 9.76. The van der Waals surface area contributed by atoms with Gasteiger partial charge in [-0.05, 0) is 46.6 Å². The van der Waals surface area contributed by atoms with Crippen LogP contribution in [0.15, 0.2) is 12.3 Å². The molecule has 1 aromatic rings. The van der Waals surface area contributed by atoms with Gasteiger partial charge in [0.2, 0.25) is 0 Å². The average molecular weight is 270 g/mol. The third kappa shape index (κ3) is 2.13. The fourth-order valence-electron chi connectivity index (χ4n) is 2.41. The maximum atomic E-state index is 9.08. The second kappa shape index (κ2) is 4.31. The lowest BCUT2D eigenvalue weighted by Crippen LogP contribution is -2.41. The maximum absolute atomic E-state index is 9.08. The number of hydrogen-bond donors (Lipinski definition) is 0. The zero-order chi connectivity index (χ0) is 14.5. The number of aromatic nitrogens is 1. The molecule has 2 heterocycles. The molecule has 5 heteroatoms. The molecule has 2 fully saturated rings. The summed E-state index contributed by atoms with van der Waals surface area (Å²) in [5.74, 6) is 0.497. The van der Waals surface area contributed by atoms with Crippen LogP contribution >= 0.6 is 0 Å². The van der Waals surface area contributed by atoms with E-state index >= 15 is 0 Å². The Kier molecular flexibility index (Phi) is 2.93. The summed E-state index contributed by atoms with van der Waals surface area (Å²) in [6.07, 6.45) is 3.96. The first kappa shape index (κ1) is 13.6. The van der Waals surface area contributed by atoms with E-state index in [0.717, 1.165) is 24.0 Å². The van der Waals surface area contributed by atoms with Gasteiger partial charge in [0.15, 0.2) is 0 Å². The first-order valence-corrected chi connectivity index (χ1v) is 7.09. The molecule has 1 aliphatic heterocycles. The minimum absolute atomic E-state index is 0.374. The summed E-state index contributed by atoms with van der Waals surface area (Å²) in [5, 5.41) is 9.08. The Balaban J connectivity index is 2.00. The van der Waals surface area contributed by atoms with Gasteiger partial charge in [0.25, 0.3) is 0 Å². The standard InChI is InChI=1S/C15H19BN2O2/c1-14(2)15(3,4)20-16(19-14)12-7-10(8-17)9-18-13(12)11-5-6-11/h7,9,11H,5-6H2,1-4H3. The molecule has 1 aliphatic carbocycles. The van der Waals surface area contributed by atoms with Crippen LogP contribution in [-0.4, -0.2) is 23.3 Å². The van der Waals surface area contributed by atoms with Gasteiger partial charge in [0.1, 0.15) is 6.07 Å². The van der Waals surface area contributed by atoms with Crippen LogP contribution in [0.3, 0.4) is 0 Å². The molecule has 3 rings (SSSR count). The molecule has 0 N–H and O–H groups in total. The molecule has 0 unspecified atom stereocenters. The van der Waals surface area contributed by atoms with Crippen LogP contribution in [0.25, 0.3) is 0 Å². The normalized spacial score (nSPS) is 23.6. The Morgan fingerprint density at radius 1 is 1.25 bits per heavy atom. The van der Waals surface area contributed by atoms with E-state index in [1.807, 2.05) is 33.8 Å². The monoisotopic (exact) mass is 270 g/mol. The predicted molar refractivity (Wildman–Crippen MR) is 76.6 cm³/mol. The molecule has 0 atom stereocenters. The van der Waals surface area contributed by atoms with Gasteiger partial charge in [-0.1, -0.05) is 0 Å². The number of nitriles is 1. The zero-order valence-corrected chi connectivity index (χ0v) is 12.4. The lowest BCUT2D eigenvalue weighted by molar-refractivity contribution is 0.00578. The summed E-state index contributed by atoms with van der Waals surface area (Å²) >= 11 is 0. The number of pyridine rings is 1. The maximum Gasteiger partial charge on any atom is 0.496 e. The summed E-state index contributed by atoms with van der Waals surface area (Å²) in [5.41, 5.74) is 1.76. The topological polar surface area (TPSA) is 55.1 Å². The van der Waals surface area contributed by atoms with Gasteiger partial charge in [0, 0.05) is 23.3 Å². The highest BCUT2D eigenvalue weighted by Gasteiger charge is 2.53. The largest absolute Gasteiger partial charge is 0.496 e. The Labute approximate surface area is 120 Å². The second-order valence-corrected chi connectivity index (χ2v) is 6.67. The zero-order valence-electron chi connectivity index (χ0n) is 12.4. The molecule has 1 saturated carbocycles. The van der Waals surface area contributed by atoms with E-state index in [1.165, 1.54) is 0 Å². The van der Waals surface area contributed by atoms with Crippen molar-refractivity contribution < 1.29 is 9.31 Å². The van der Waals surface area contributed by atoms with E-state index in [2.05, 4.69) is 11.1 Å². The number of rotatable bonds is 2. The highest BCUT2D eigenvalue weighted by molar-refractivity contribution is 6.62. The van der Waals surface area contributed by atoms with Crippen molar-refractivity contribution in [3.63, 3.8) is 0 Å². The molecule has 0 aromatic carbocycles. The molecule has 20 heavy (non-hydrogen) atoms. The van der Waals surface area contributed by atoms with Crippen molar-refractivity contribution in [1.29, 1.82) is 5.26 Å².